The van der Waals surface area contributed by atoms with Crippen LogP contribution in [-0.2, 0) is 36.8 Å². The van der Waals surface area contributed by atoms with Gasteiger partial charge in [-0.05, 0) is 34.9 Å². The number of nitrogens with zero attached hydrogens (tertiary/aromatic N) is 1. The van der Waals surface area contributed by atoms with E-state index in [-0.39, 0.29) is 53.9 Å². The van der Waals surface area contributed by atoms with Gasteiger partial charge < -0.3 is 39.0 Å². The zero-order valence-electron chi connectivity index (χ0n) is 26.2. The molecule has 3 saturated heterocycles. The topological polar surface area (TPSA) is 133 Å². The van der Waals surface area contributed by atoms with Gasteiger partial charge in [-0.25, -0.2) is 9.59 Å². The number of amides is 1. The zero-order chi connectivity index (χ0) is 32.5. The molecule has 4 heterocycles. The van der Waals surface area contributed by atoms with Crippen LogP contribution in [-0.4, -0.2) is 72.6 Å². The third kappa shape index (κ3) is 6.60. The number of ether oxygens (including phenoxy) is 5. The lowest BCUT2D eigenvalue weighted by Crippen LogP contribution is -2.50. The van der Waals surface area contributed by atoms with E-state index in [9.17, 15) is 19.5 Å². The lowest BCUT2D eigenvalue weighted by atomic mass is 9.89. The third-order valence-electron chi connectivity index (χ3n) is 9.60. The summed E-state index contributed by atoms with van der Waals surface area (Å²) in [4.78, 5) is 38.8. The first-order valence-corrected chi connectivity index (χ1v) is 16.1. The summed E-state index contributed by atoms with van der Waals surface area (Å²) < 4.78 is 29.7. The Morgan fingerprint density at radius 3 is 2.23 bits per heavy atom. The predicted octanol–water partition coefficient (Wildman–Crippen LogP) is 4.05. The van der Waals surface area contributed by atoms with E-state index in [4.69, 9.17) is 18.9 Å². The molecular formula is C36H38N2O9. The molecule has 0 saturated carbocycles. The maximum Gasteiger partial charge on any atom is 0.346 e. The van der Waals surface area contributed by atoms with Gasteiger partial charge in [-0.1, -0.05) is 55.5 Å². The maximum atomic E-state index is 12.8. The van der Waals surface area contributed by atoms with Crippen molar-refractivity contribution in [2.24, 2.45) is 5.92 Å². The van der Waals surface area contributed by atoms with E-state index in [1.165, 1.54) is 18.2 Å². The van der Waals surface area contributed by atoms with Crippen molar-refractivity contribution in [2.45, 2.75) is 57.2 Å². The molecule has 3 aromatic rings. The molecule has 246 valence electrons. The predicted molar refractivity (Wildman–Crippen MR) is 167 cm³/mol. The summed E-state index contributed by atoms with van der Waals surface area (Å²) in [6, 6.07) is 19.9. The van der Waals surface area contributed by atoms with Crippen molar-refractivity contribution in [1.82, 2.24) is 10.2 Å². The van der Waals surface area contributed by atoms with Crippen molar-refractivity contribution in [2.75, 3.05) is 32.8 Å². The van der Waals surface area contributed by atoms with Gasteiger partial charge in [-0.2, -0.15) is 0 Å². The van der Waals surface area contributed by atoms with E-state index in [1.54, 1.807) is 0 Å². The van der Waals surface area contributed by atoms with Crippen molar-refractivity contribution < 1.29 is 43.2 Å². The number of nitrogens with one attached hydrogen (secondary N) is 1. The number of piperidine rings is 1. The zero-order valence-corrected chi connectivity index (χ0v) is 26.2. The van der Waals surface area contributed by atoms with Crippen molar-refractivity contribution in [3.63, 3.8) is 0 Å². The maximum absolute atomic E-state index is 12.8. The molecule has 3 fully saturated rings. The molecule has 4 aliphatic rings. The van der Waals surface area contributed by atoms with Crippen molar-refractivity contribution in [3.8, 4) is 0 Å². The normalized spacial score (nSPS) is 25.5. The summed E-state index contributed by atoms with van der Waals surface area (Å²) in [5, 5.41) is 12.4. The standard InChI is InChI=1S/C36H38N2O9/c1-22-30(20-38-14-12-36(13-15-38)43-16-17-44-36)45-35(46-31(22)25-6-4-24(21-39)5-7-25)26-8-2-23(3-9-26)19-37-32(40)27-10-11-28-29(18-27)34(42)47-33(28)41/h2-11,18,22,30-31,35,39H,12-17,19-21H2,1H3,(H,37,40). The van der Waals surface area contributed by atoms with Crippen molar-refractivity contribution in [3.05, 3.63) is 106 Å². The first-order chi connectivity index (χ1) is 22.8. The van der Waals surface area contributed by atoms with Crippen LogP contribution < -0.4 is 5.32 Å². The number of carbonyl (C=O) groups is 3. The molecule has 11 heteroatoms. The first-order valence-electron chi connectivity index (χ1n) is 16.1. The first kappa shape index (κ1) is 31.6. The Morgan fingerprint density at radius 2 is 1.53 bits per heavy atom. The van der Waals surface area contributed by atoms with Crippen LogP contribution in [0.4, 0.5) is 0 Å². The van der Waals surface area contributed by atoms with Gasteiger partial charge in [-0.3, -0.25) is 4.79 Å². The average molecular weight is 643 g/mol. The number of cyclic esters (lactones) is 2. The molecule has 4 unspecified atom stereocenters. The molecule has 7 rings (SSSR count). The second-order valence-corrected chi connectivity index (χ2v) is 12.6. The summed E-state index contributed by atoms with van der Waals surface area (Å²) in [7, 11) is 0. The van der Waals surface area contributed by atoms with E-state index in [0.717, 1.165) is 54.7 Å². The van der Waals surface area contributed by atoms with E-state index < -0.39 is 24.0 Å². The molecule has 4 aliphatic heterocycles. The van der Waals surface area contributed by atoms with Gasteiger partial charge in [0.25, 0.3) is 5.91 Å². The van der Waals surface area contributed by atoms with Crippen LogP contribution in [0.2, 0.25) is 0 Å². The van der Waals surface area contributed by atoms with Gasteiger partial charge in [0.05, 0.1) is 43.2 Å². The fourth-order valence-electron chi connectivity index (χ4n) is 6.75. The van der Waals surface area contributed by atoms with Crippen molar-refractivity contribution in [1.29, 1.82) is 0 Å². The fraction of sp³-hybridized carbons (Fsp3) is 0.417. The number of hydrogen-bond donors (Lipinski definition) is 2. The van der Waals surface area contributed by atoms with Gasteiger partial charge in [-0.15, -0.1) is 0 Å². The number of rotatable bonds is 8. The van der Waals surface area contributed by atoms with Crippen molar-refractivity contribution >= 4 is 17.8 Å². The number of fused-ring (bicyclic) bond motifs is 1. The number of carbonyl (C=O) groups excluding carboxylic acids is 3. The summed E-state index contributed by atoms with van der Waals surface area (Å²) in [6.45, 7) is 6.18. The molecule has 0 aromatic heterocycles. The molecule has 0 radical (unpaired) electrons. The Balaban J connectivity index is 1.03. The Kier molecular flexibility index (Phi) is 8.93. The number of hydrogen-bond acceptors (Lipinski definition) is 10. The minimum Gasteiger partial charge on any atom is -0.392 e. The molecule has 1 spiro atoms. The highest BCUT2D eigenvalue weighted by Crippen LogP contribution is 2.42. The summed E-state index contributed by atoms with van der Waals surface area (Å²) in [5.41, 5.74) is 4.12. The van der Waals surface area contributed by atoms with E-state index in [1.807, 2.05) is 48.5 Å². The Hall–Kier alpha value is -3.97. The van der Waals surface area contributed by atoms with Gasteiger partial charge in [0.2, 0.25) is 0 Å². The largest absolute Gasteiger partial charge is 0.392 e. The molecule has 4 atom stereocenters. The summed E-state index contributed by atoms with van der Waals surface area (Å²) in [5.74, 6) is -2.20. The van der Waals surface area contributed by atoms with E-state index in [0.29, 0.717) is 13.2 Å². The minimum absolute atomic E-state index is 0.0185. The molecule has 2 N–H and O–H groups in total. The molecule has 3 aromatic carbocycles. The number of benzene rings is 3. The summed E-state index contributed by atoms with van der Waals surface area (Å²) >= 11 is 0. The van der Waals surface area contributed by atoms with Crippen LogP contribution in [0.3, 0.4) is 0 Å². The molecule has 1 amide bonds. The Labute approximate surface area is 272 Å². The fourth-order valence-corrected chi connectivity index (χ4v) is 6.75. The monoisotopic (exact) mass is 642 g/mol. The van der Waals surface area contributed by atoms with Crippen LogP contribution in [0.1, 0.15) is 85.5 Å². The Bertz CT molecular complexity index is 1630. The Morgan fingerprint density at radius 1 is 0.872 bits per heavy atom. The molecule has 0 bridgehead atoms. The number of aliphatic hydroxyl groups excluding tert-OH is 1. The van der Waals surface area contributed by atoms with E-state index >= 15 is 0 Å². The quantitative estimate of drug-likeness (QED) is 0.274. The highest BCUT2D eigenvalue weighted by molar-refractivity contribution is 6.15. The lowest BCUT2D eigenvalue weighted by molar-refractivity contribution is -0.278. The lowest BCUT2D eigenvalue weighted by Gasteiger charge is -2.44. The second kappa shape index (κ2) is 13.3. The number of likely N-dealkylation sites (tertiary alicyclic amines) is 1. The van der Waals surface area contributed by atoms with Gasteiger partial charge in [0.1, 0.15) is 0 Å². The van der Waals surface area contributed by atoms with Crippen LogP contribution in [0, 0.1) is 5.92 Å². The van der Waals surface area contributed by atoms with Gasteiger partial charge in [0.15, 0.2) is 12.1 Å². The average Bonchev–Trinajstić information content (AvgIpc) is 3.68. The van der Waals surface area contributed by atoms with Crippen LogP contribution in [0.15, 0.2) is 66.7 Å². The number of aliphatic hydroxyl groups is 1. The van der Waals surface area contributed by atoms with Gasteiger partial charge in [0, 0.05) is 56.1 Å². The van der Waals surface area contributed by atoms with Crippen LogP contribution in [0.5, 0.6) is 0 Å². The van der Waals surface area contributed by atoms with Crippen LogP contribution >= 0.6 is 0 Å². The SMILES string of the molecule is CC1C(CN2CCC3(CC2)OCCO3)OC(c2ccc(CNC(=O)c3ccc4c(c3)C(=O)OC4=O)cc2)OC1c1ccc(CO)cc1. The van der Waals surface area contributed by atoms with E-state index in [2.05, 4.69) is 21.9 Å². The minimum atomic E-state index is -0.749. The highest BCUT2D eigenvalue weighted by atomic mass is 16.7. The van der Waals surface area contributed by atoms with Gasteiger partial charge >= 0.3 is 11.9 Å². The molecular weight excluding hydrogens is 604 g/mol. The second-order valence-electron chi connectivity index (χ2n) is 12.6. The summed E-state index contributed by atoms with van der Waals surface area (Å²) in [6.07, 6.45) is 0.736. The van der Waals surface area contributed by atoms with Crippen LogP contribution in [0.25, 0.3) is 0 Å². The number of esters is 2. The highest BCUT2D eigenvalue weighted by Gasteiger charge is 2.43. The smallest absolute Gasteiger partial charge is 0.346 e. The third-order valence-corrected chi connectivity index (χ3v) is 9.60. The molecule has 0 aliphatic carbocycles. The molecule has 47 heavy (non-hydrogen) atoms. The molecule has 11 nitrogen and oxygen atoms in total.